The first kappa shape index (κ1) is 18.7. The number of hydrogen-bond donors (Lipinski definition) is 4. The molecule has 1 aliphatic heterocycles. The zero-order valence-corrected chi connectivity index (χ0v) is 13.5. The lowest BCUT2D eigenvalue weighted by Crippen LogP contribution is -2.61. The van der Waals surface area contributed by atoms with Crippen molar-refractivity contribution in [1.82, 2.24) is 0 Å². The first-order valence-corrected chi connectivity index (χ1v) is 8.09. The molecule has 0 radical (unpaired) electrons. The van der Waals surface area contributed by atoms with E-state index in [1.807, 2.05) is 13.8 Å². The van der Waals surface area contributed by atoms with Gasteiger partial charge in [0.25, 0.3) is 0 Å². The molecule has 1 rings (SSSR count). The minimum Gasteiger partial charge on any atom is -0.388 e. The summed E-state index contributed by atoms with van der Waals surface area (Å²) in [6, 6.07) is -0.470. The molecule has 1 aliphatic rings. The van der Waals surface area contributed by atoms with Gasteiger partial charge in [0.1, 0.15) is 29.9 Å². The average molecular weight is 317 g/mol. The predicted molar refractivity (Wildman–Crippen MR) is 85.9 cm³/mol. The summed E-state index contributed by atoms with van der Waals surface area (Å²) >= 11 is 1.32. The summed E-state index contributed by atoms with van der Waals surface area (Å²) in [5.74, 6) is 0.574. The topological polar surface area (TPSA) is 95.9 Å². The minimum atomic E-state index is -1.27. The van der Waals surface area contributed by atoms with Crippen LogP contribution in [0.15, 0.2) is 25.3 Å². The zero-order chi connectivity index (χ0) is 16.2. The fraction of sp³-hybridized carbons (Fsp3) is 0.733. The Morgan fingerprint density at radius 1 is 1.24 bits per heavy atom. The Kier molecular flexibility index (Phi) is 6.90. The van der Waals surface area contributed by atoms with Crippen molar-refractivity contribution in [2.75, 3.05) is 5.75 Å². The third-order valence-corrected chi connectivity index (χ3v) is 4.87. The van der Waals surface area contributed by atoms with Crippen LogP contribution < -0.4 is 5.73 Å². The molecule has 0 saturated carbocycles. The van der Waals surface area contributed by atoms with Crippen molar-refractivity contribution in [3.05, 3.63) is 25.3 Å². The summed E-state index contributed by atoms with van der Waals surface area (Å²) in [5.41, 5.74) is 5.31. The van der Waals surface area contributed by atoms with Crippen molar-refractivity contribution in [3.63, 3.8) is 0 Å². The van der Waals surface area contributed by atoms with Crippen molar-refractivity contribution in [2.45, 2.75) is 56.2 Å². The third kappa shape index (κ3) is 4.81. The van der Waals surface area contributed by atoms with Gasteiger partial charge in [0.15, 0.2) is 0 Å². The fourth-order valence-corrected chi connectivity index (χ4v) is 3.23. The van der Waals surface area contributed by atoms with Crippen molar-refractivity contribution in [3.8, 4) is 0 Å². The molecular weight excluding hydrogens is 290 g/mol. The van der Waals surface area contributed by atoms with E-state index in [0.717, 1.165) is 0 Å². The summed E-state index contributed by atoms with van der Waals surface area (Å²) in [5, 5.41) is 30.1. The van der Waals surface area contributed by atoms with Gasteiger partial charge in [-0.2, -0.15) is 0 Å². The Morgan fingerprint density at radius 3 is 2.38 bits per heavy atom. The molecule has 0 unspecified atom stereocenters. The molecule has 6 atom stereocenters. The van der Waals surface area contributed by atoms with E-state index in [1.165, 1.54) is 11.8 Å². The molecule has 1 fully saturated rings. The van der Waals surface area contributed by atoms with Gasteiger partial charge in [-0.05, 0) is 11.8 Å². The standard InChI is InChI=1S/C15H27NO4S/c1-5-7-21-14-12(19)10(17)11(18)13(20-14)9(16)8-15(3,4)6-2/h5-6,9-14,17-19H,1-2,7-8,16H2,3-4H3/t9-,10+,11-,12-,13-,14-/m1/s1. The molecule has 5 nitrogen and oxygen atoms in total. The molecule has 0 bridgehead atoms. The maximum absolute atomic E-state index is 10.1. The molecule has 1 saturated heterocycles. The van der Waals surface area contributed by atoms with Crippen molar-refractivity contribution >= 4 is 11.8 Å². The molecule has 6 heteroatoms. The van der Waals surface area contributed by atoms with Crippen LogP contribution in [0.4, 0.5) is 0 Å². The summed E-state index contributed by atoms with van der Waals surface area (Å²) in [7, 11) is 0. The van der Waals surface area contributed by atoms with Crippen molar-refractivity contribution < 1.29 is 20.1 Å². The van der Waals surface area contributed by atoms with E-state index in [9.17, 15) is 15.3 Å². The number of thioether (sulfide) groups is 1. The van der Waals surface area contributed by atoms with Crippen LogP contribution in [-0.2, 0) is 4.74 Å². The Hall–Kier alpha value is -0.370. The zero-order valence-electron chi connectivity index (χ0n) is 12.7. The van der Waals surface area contributed by atoms with E-state index >= 15 is 0 Å². The second kappa shape index (κ2) is 7.76. The van der Waals surface area contributed by atoms with Gasteiger partial charge in [0, 0.05) is 11.8 Å². The van der Waals surface area contributed by atoms with Gasteiger partial charge in [-0.1, -0.05) is 26.0 Å². The number of allylic oxidation sites excluding steroid dienone is 1. The SMILES string of the molecule is C=CCS[C@H]1O[C@H]([C@H](N)CC(C)(C)C=C)[C@H](O)[C@H](O)[C@H]1O. The molecule has 0 amide bonds. The van der Waals surface area contributed by atoms with Crippen molar-refractivity contribution in [1.29, 1.82) is 0 Å². The largest absolute Gasteiger partial charge is 0.388 e. The molecule has 1 heterocycles. The highest BCUT2D eigenvalue weighted by Gasteiger charge is 2.46. The third-order valence-electron chi connectivity index (χ3n) is 3.72. The smallest absolute Gasteiger partial charge is 0.132 e. The van der Waals surface area contributed by atoms with Gasteiger partial charge in [-0.3, -0.25) is 0 Å². The Labute approximate surface area is 130 Å². The van der Waals surface area contributed by atoms with E-state index in [0.29, 0.717) is 12.2 Å². The summed E-state index contributed by atoms with van der Waals surface area (Å²) in [6.45, 7) is 11.4. The minimum absolute atomic E-state index is 0.201. The first-order chi connectivity index (χ1) is 9.73. The van der Waals surface area contributed by atoms with Gasteiger partial charge in [0.2, 0.25) is 0 Å². The second-order valence-corrected chi connectivity index (χ2v) is 7.25. The number of rotatable bonds is 7. The van der Waals surface area contributed by atoms with Crippen LogP contribution in [0.3, 0.4) is 0 Å². The lowest BCUT2D eigenvalue weighted by molar-refractivity contribution is -0.204. The highest BCUT2D eigenvalue weighted by Crippen LogP contribution is 2.32. The molecule has 0 aromatic heterocycles. The predicted octanol–water partition coefficient (Wildman–Crippen LogP) is 0.643. The van der Waals surface area contributed by atoms with Crippen LogP contribution in [0.2, 0.25) is 0 Å². The van der Waals surface area contributed by atoms with E-state index in [2.05, 4.69) is 13.2 Å². The van der Waals surface area contributed by atoms with Crippen molar-refractivity contribution in [2.24, 2.45) is 11.1 Å². The van der Waals surface area contributed by atoms with Crippen LogP contribution in [0.25, 0.3) is 0 Å². The van der Waals surface area contributed by atoms with Gasteiger partial charge >= 0.3 is 0 Å². The first-order valence-electron chi connectivity index (χ1n) is 7.05. The molecule has 5 N–H and O–H groups in total. The fourth-order valence-electron chi connectivity index (χ4n) is 2.34. The average Bonchev–Trinajstić information content (AvgIpc) is 2.43. The maximum Gasteiger partial charge on any atom is 0.132 e. The van der Waals surface area contributed by atoms with Crippen LogP contribution in [0.1, 0.15) is 20.3 Å². The lowest BCUT2D eigenvalue weighted by Gasteiger charge is -2.43. The maximum atomic E-state index is 10.1. The van der Waals surface area contributed by atoms with Gasteiger partial charge in [-0.25, -0.2) is 0 Å². The Balaban J connectivity index is 2.79. The number of aliphatic hydroxyl groups is 3. The normalized spacial score (nSPS) is 35.2. The summed E-state index contributed by atoms with van der Waals surface area (Å²) in [4.78, 5) is 0. The molecule has 0 aliphatic carbocycles. The number of aliphatic hydroxyl groups excluding tert-OH is 3. The van der Waals surface area contributed by atoms with E-state index in [-0.39, 0.29) is 5.41 Å². The van der Waals surface area contributed by atoms with E-state index in [1.54, 1.807) is 12.2 Å². The highest BCUT2D eigenvalue weighted by atomic mass is 32.2. The summed E-state index contributed by atoms with van der Waals surface area (Å²) in [6.07, 6.45) is -0.323. The van der Waals surface area contributed by atoms with Crippen LogP contribution in [0, 0.1) is 5.41 Å². The van der Waals surface area contributed by atoms with Gasteiger partial charge in [-0.15, -0.1) is 24.9 Å². The summed E-state index contributed by atoms with van der Waals surface area (Å²) < 4.78 is 5.73. The van der Waals surface area contributed by atoms with Crippen LogP contribution in [-0.4, -0.2) is 57.0 Å². The number of nitrogens with two attached hydrogens (primary N) is 1. The van der Waals surface area contributed by atoms with Gasteiger partial charge in [0.05, 0.1) is 0 Å². The van der Waals surface area contributed by atoms with Gasteiger partial charge < -0.3 is 25.8 Å². The molecule has 0 aromatic carbocycles. The lowest BCUT2D eigenvalue weighted by atomic mass is 9.82. The quantitative estimate of drug-likeness (QED) is 0.515. The van der Waals surface area contributed by atoms with Crippen LogP contribution in [0.5, 0.6) is 0 Å². The molecular formula is C15H27NO4S. The molecule has 0 spiro atoms. The Bertz CT molecular complexity index is 364. The Morgan fingerprint density at radius 2 is 1.86 bits per heavy atom. The van der Waals surface area contributed by atoms with E-state index < -0.39 is 35.9 Å². The van der Waals surface area contributed by atoms with Crippen LogP contribution >= 0.6 is 11.8 Å². The molecule has 122 valence electrons. The molecule has 21 heavy (non-hydrogen) atoms. The molecule has 0 aromatic rings. The van der Waals surface area contributed by atoms with E-state index in [4.69, 9.17) is 10.5 Å². The number of ether oxygens (including phenoxy) is 1. The monoisotopic (exact) mass is 317 g/mol. The number of hydrogen-bond acceptors (Lipinski definition) is 6. The second-order valence-electron chi connectivity index (χ2n) is 6.12. The highest BCUT2D eigenvalue weighted by molar-refractivity contribution is 7.99.